The van der Waals surface area contributed by atoms with Gasteiger partial charge in [-0.25, -0.2) is 23.5 Å². The maximum absolute atomic E-state index is 13.9. The van der Waals surface area contributed by atoms with Crippen LogP contribution in [0.15, 0.2) is 48.8 Å². The highest BCUT2D eigenvalue weighted by Gasteiger charge is 2.30. The second-order valence-electron chi connectivity index (χ2n) is 16.1. The van der Waals surface area contributed by atoms with Gasteiger partial charge in [0.15, 0.2) is 6.23 Å². The zero-order valence-electron chi connectivity index (χ0n) is 30.9. The molecule has 1 saturated heterocycles. The van der Waals surface area contributed by atoms with Crippen molar-refractivity contribution in [1.29, 1.82) is 0 Å². The number of benzene rings is 2. The van der Waals surface area contributed by atoms with Crippen molar-refractivity contribution in [2.75, 3.05) is 13.2 Å². The summed E-state index contributed by atoms with van der Waals surface area (Å²) >= 11 is 2.34. The van der Waals surface area contributed by atoms with Crippen molar-refractivity contribution in [3.8, 4) is 11.3 Å². The van der Waals surface area contributed by atoms with Crippen LogP contribution >= 0.6 is 22.6 Å². The minimum atomic E-state index is -0.711. The van der Waals surface area contributed by atoms with E-state index in [0.29, 0.717) is 30.2 Å². The van der Waals surface area contributed by atoms with Gasteiger partial charge in [-0.05, 0) is 132 Å². The van der Waals surface area contributed by atoms with E-state index in [1.165, 1.54) is 0 Å². The van der Waals surface area contributed by atoms with Gasteiger partial charge in [0.25, 0.3) is 0 Å². The van der Waals surface area contributed by atoms with Gasteiger partial charge in [-0.2, -0.15) is 5.10 Å². The Kier molecular flexibility index (Phi) is 10.1. The fraction of sp³-hybridized carbons (Fsp3) is 0.513. The fourth-order valence-corrected chi connectivity index (χ4v) is 7.52. The first-order chi connectivity index (χ1) is 24.7. The van der Waals surface area contributed by atoms with Gasteiger partial charge in [0, 0.05) is 38.8 Å². The smallest absolute Gasteiger partial charge is 0.419 e. The summed E-state index contributed by atoms with van der Waals surface area (Å²) in [6.45, 7) is 13.1. The predicted octanol–water partition coefficient (Wildman–Crippen LogP) is 8.92. The number of hydrogen-bond acceptors (Lipinski definition) is 8. The summed E-state index contributed by atoms with van der Waals surface area (Å²) in [4.78, 5) is 29.0. The quantitative estimate of drug-likeness (QED) is 0.143. The number of nitrogens with zero attached hydrogens (tertiary/aromatic N) is 7. The molecule has 276 valence electrons. The van der Waals surface area contributed by atoms with Gasteiger partial charge in [0.2, 0.25) is 0 Å². The summed E-state index contributed by atoms with van der Waals surface area (Å²) < 4.78 is 24.2. The Morgan fingerprint density at radius 2 is 1.75 bits per heavy atom. The standard InChI is InChI=1S/C39H48IN7O5/c1-38(2,3)51-36(48)44(21-25-10-9-11-25)23-29-17-27-14-13-26(16-33(27)46(29)37(49)52-39(4,5)6)22-45-24-32(42-43-45)30-18-28(40)19-34-31(30)20-41-47(34)35-12-7-8-15-50-35/h13-14,16-20,24-25,35H,7-12,15,21-23H2,1-6H3. The molecule has 2 aromatic carbocycles. The van der Waals surface area contributed by atoms with Gasteiger partial charge in [-0.3, -0.25) is 0 Å². The van der Waals surface area contributed by atoms with Gasteiger partial charge in [0.05, 0.1) is 36.5 Å². The number of amides is 1. The Hall–Kier alpha value is -3.98. The molecule has 4 heterocycles. The highest BCUT2D eigenvalue weighted by molar-refractivity contribution is 14.1. The Morgan fingerprint density at radius 3 is 2.44 bits per heavy atom. The topological polar surface area (TPSA) is 119 Å². The Balaban J connectivity index is 1.19. The number of carbonyl (C=O) groups excluding carboxylic acids is 2. The average Bonchev–Trinajstić information content (AvgIpc) is 3.77. The average molecular weight is 822 g/mol. The van der Waals surface area contributed by atoms with Crippen LogP contribution in [0.3, 0.4) is 0 Å². The van der Waals surface area contributed by atoms with Crippen molar-refractivity contribution >= 4 is 56.6 Å². The van der Waals surface area contributed by atoms with Crippen molar-refractivity contribution < 1.29 is 23.8 Å². The minimum absolute atomic E-state index is 0.0637. The molecule has 1 saturated carbocycles. The van der Waals surface area contributed by atoms with E-state index in [-0.39, 0.29) is 18.9 Å². The third kappa shape index (κ3) is 8.14. The zero-order valence-corrected chi connectivity index (χ0v) is 33.1. The molecule has 0 N–H and O–H groups in total. The largest absolute Gasteiger partial charge is 0.444 e. The van der Waals surface area contributed by atoms with E-state index in [4.69, 9.17) is 19.3 Å². The van der Waals surface area contributed by atoms with Crippen molar-refractivity contribution in [2.24, 2.45) is 5.92 Å². The van der Waals surface area contributed by atoms with E-state index in [1.807, 2.05) is 82.9 Å². The van der Waals surface area contributed by atoms with Crippen molar-refractivity contribution in [3.63, 3.8) is 0 Å². The van der Waals surface area contributed by atoms with Gasteiger partial charge in [0.1, 0.15) is 16.9 Å². The lowest BCUT2D eigenvalue weighted by molar-refractivity contribution is -0.0366. The Labute approximate surface area is 317 Å². The molecule has 0 spiro atoms. The monoisotopic (exact) mass is 821 g/mol. The van der Waals surface area contributed by atoms with Gasteiger partial charge < -0.3 is 19.1 Å². The molecule has 0 bridgehead atoms. The fourth-order valence-electron chi connectivity index (χ4n) is 6.91. The van der Waals surface area contributed by atoms with Crippen LogP contribution in [-0.4, -0.2) is 70.8 Å². The number of fused-ring (bicyclic) bond motifs is 2. The van der Waals surface area contributed by atoms with Crippen molar-refractivity contribution in [3.05, 3.63) is 63.6 Å². The van der Waals surface area contributed by atoms with Crippen LogP contribution in [-0.2, 0) is 27.3 Å². The second kappa shape index (κ2) is 14.4. The van der Waals surface area contributed by atoms with Gasteiger partial charge >= 0.3 is 12.2 Å². The van der Waals surface area contributed by atoms with Gasteiger partial charge in [-0.15, -0.1) is 5.10 Å². The molecule has 1 unspecified atom stereocenters. The molecule has 2 aliphatic rings. The first-order valence-electron chi connectivity index (χ1n) is 18.2. The van der Waals surface area contributed by atoms with Crippen LogP contribution in [0.5, 0.6) is 0 Å². The summed E-state index contributed by atoms with van der Waals surface area (Å²) in [5.74, 6) is 0.420. The molecule has 5 aromatic rings. The van der Waals surface area contributed by atoms with Crippen LogP contribution in [0.25, 0.3) is 33.1 Å². The highest BCUT2D eigenvalue weighted by atomic mass is 127. The number of hydrogen-bond donors (Lipinski definition) is 0. The van der Waals surface area contributed by atoms with Crippen LogP contribution < -0.4 is 0 Å². The third-order valence-electron chi connectivity index (χ3n) is 9.50. The summed E-state index contributed by atoms with van der Waals surface area (Å²) in [7, 11) is 0. The van der Waals surface area contributed by atoms with E-state index < -0.39 is 17.3 Å². The predicted molar refractivity (Wildman–Crippen MR) is 207 cm³/mol. The normalized spacial score (nSPS) is 17.0. The SMILES string of the molecule is CC(C)(C)OC(=O)N(Cc1cc2ccc(Cn3cc(-c4cc(I)cc5c4cnn5C4CCCCO4)nn3)cc2n1C(=O)OC(C)(C)C)CC1CCC1. The lowest BCUT2D eigenvalue weighted by Gasteiger charge is -2.33. The number of carbonyl (C=O) groups is 2. The number of ether oxygens (including phenoxy) is 3. The zero-order chi connectivity index (χ0) is 36.8. The molecule has 7 rings (SSSR count). The summed E-state index contributed by atoms with van der Waals surface area (Å²) in [5, 5.41) is 15.7. The highest BCUT2D eigenvalue weighted by Crippen LogP contribution is 2.34. The van der Waals surface area contributed by atoms with Crippen molar-refractivity contribution in [2.45, 2.75) is 111 Å². The number of aromatic nitrogens is 6. The van der Waals surface area contributed by atoms with E-state index in [2.05, 4.69) is 45.0 Å². The minimum Gasteiger partial charge on any atom is -0.444 e. The first kappa shape index (κ1) is 36.4. The summed E-state index contributed by atoms with van der Waals surface area (Å²) in [6, 6.07) is 12.2. The molecule has 2 fully saturated rings. The second-order valence-corrected chi connectivity index (χ2v) is 17.3. The van der Waals surface area contributed by atoms with Crippen LogP contribution in [0.1, 0.15) is 97.6 Å². The Morgan fingerprint density at radius 1 is 0.962 bits per heavy atom. The van der Waals surface area contributed by atoms with Crippen LogP contribution in [0, 0.1) is 9.49 Å². The molecule has 0 radical (unpaired) electrons. The summed E-state index contributed by atoms with van der Waals surface area (Å²) in [6.07, 6.45) is 9.36. The molecular weight excluding hydrogens is 773 g/mol. The molecule has 1 atom stereocenters. The van der Waals surface area contributed by atoms with Crippen LogP contribution in [0.2, 0.25) is 0 Å². The van der Waals surface area contributed by atoms with E-state index in [1.54, 1.807) is 14.1 Å². The number of halogens is 1. The maximum Gasteiger partial charge on any atom is 0.419 e. The van der Waals surface area contributed by atoms with Crippen molar-refractivity contribution in [1.82, 2.24) is 34.2 Å². The Bertz CT molecular complexity index is 2090. The van der Waals surface area contributed by atoms with E-state index >= 15 is 0 Å². The van der Waals surface area contributed by atoms with Crippen LogP contribution in [0.4, 0.5) is 9.59 Å². The molecule has 1 amide bonds. The van der Waals surface area contributed by atoms with E-state index in [0.717, 1.165) is 81.8 Å². The first-order valence-corrected chi connectivity index (χ1v) is 19.3. The molecule has 1 aliphatic carbocycles. The van der Waals surface area contributed by atoms with Gasteiger partial charge in [-0.1, -0.05) is 23.8 Å². The molecule has 13 heteroatoms. The molecule has 1 aliphatic heterocycles. The third-order valence-corrected chi connectivity index (χ3v) is 10.1. The summed E-state index contributed by atoms with van der Waals surface area (Å²) in [5.41, 5.74) is 3.68. The molecule has 52 heavy (non-hydrogen) atoms. The lowest BCUT2D eigenvalue weighted by Crippen LogP contribution is -2.41. The van der Waals surface area contributed by atoms with E-state index in [9.17, 15) is 9.59 Å². The molecule has 3 aromatic heterocycles. The number of rotatable bonds is 8. The maximum atomic E-state index is 13.9. The molecular formula is C39H48IN7O5. The molecule has 12 nitrogen and oxygen atoms in total. The lowest BCUT2D eigenvalue weighted by atomic mass is 9.85.